The van der Waals surface area contributed by atoms with Gasteiger partial charge in [-0.2, -0.15) is 0 Å². The molecule has 0 aliphatic heterocycles. The number of halogens is 1. The fourth-order valence-electron chi connectivity index (χ4n) is 1.19. The molecule has 0 spiro atoms. The second-order valence-corrected chi connectivity index (χ2v) is 7.09. The van der Waals surface area contributed by atoms with Crippen molar-refractivity contribution >= 4 is 33.3 Å². The third-order valence-corrected chi connectivity index (χ3v) is 3.42. The van der Waals surface area contributed by atoms with Crippen LogP contribution in [0.3, 0.4) is 0 Å². The van der Waals surface area contributed by atoms with Gasteiger partial charge in [0.25, 0.3) is 0 Å². The summed E-state index contributed by atoms with van der Waals surface area (Å²) in [5.41, 5.74) is 0.948. The molecule has 0 radical (unpaired) electrons. The first-order valence-corrected chi connectivity index (χ1v) is 6.71. The van der Waals surface area contributed by atoms with Gasteiger partial charge in [-0.05, 0) is 53.7 Å². The van der Waals surface area contributed by atoms with Crippen molar-refractivity contribution in [1.82, 2.24) is 10.2 Å². The van der Waals surface area contributed by atoms with Crippen molar-refractivity contribution in [1.29, 1.82) is 0 Å². The molecule has 1 N–H and O–H groups in total. The first-order valence-electron chi connectivity index (χ1n) is 5.04. The molecule has 1 aromatic rings. The van der Waals surface area contributed by atoms with E-state index in [2.05, 4.69) is 21.2 Å². The van der Waals surface area contributed by atoms with Crippen molar-refractivity contribution < 1.29 is 4.79 Å². The summed E-state index contributed by atoms with van der Waals surface area (Å²) in [6, 6.07) is 1.99. The lowest BCUT2D eigenvalue weighted by Crippen LogP contribution is -2.46. The Balaban J connectivity index is 2.52. The van der Waals surface area contributed by atoms with E-state index in [-0.39, 0.29) is 11.6 Å². The molecule has 16 heavy (non-hydrogen) atoms. The number of hydrogen-bond acceptors (Lipinski definition) is 2. The van der Waals surface area contributed by atoms with E-state index in [9.17, 15) is 4.79 Å². The Labute approximate surface area is 109 Å². The number of thiophene rings is 1. The average Bonchev–Trinajstić information content (AvgIpc) is 2.48. The molecule has 0 saturated carbocycles. The van der Waals surface area contributed by atoms with Gasteiger partial charge in [-0.3, -0.25) is 0 Å². The zero-order chi connectivity index (χ0) is 12.3. The number of rotatable bonds is 2. The molecule has 0 saturated heterocycles. The van der Waals surface area contributed by atoms with Gasteiger partial charge in [0.05, 0.1) is 3.79 Å². The first-order chi connectivity index (χ1) is 7.28. The Morgan fingerprint density at radius 1 is 1.56 bits per heavy atom. The first kappa shape index (κ1) is 13.5. The van der Waals surface area contributed by atoms with E-state index in [0.29, 0.717) is 6.54 Å². The molecule has 0 aliphatic rings. The van der Waals surface area contributed by atoms with Crippen LogP contribution in [0.25, 0.3) is 0 Å². The lowest BCUT2D eigenvalue weighted by Gasteiger charge is -2.25. The van der Waals surface area contributed by atoms with Crippen molar-refractivity contribution in [3.63, 3.8) is 0 Å². The van der Waals surface area contributed by atoms with E-state index in [1.807, 2.05) is 32.2 Å². The van der Waals surface area contributed by atoms with E-state index in [0.717, 1.165) is 9.35 Å². The monoisotopic (exact) mass is 304 g/mol. The standard InChI is InChI=1S/C11H17BrN2OS/c1-11(2,3)13-10(15)14(4)6-8-5-9(12)16-7-8/h5,7H,6H2,1-4H3,(H,13,15). The predicted molar refractivity (Wildman–Crippen MR) is 71.8 cm³/mol. The van der Waals surface area contributed by atoms with Crippen molar-refractivity contribution in [3.05, 3.63) is 20.8 Å². The minimum Gasteiger partial charge on any atom is -0.333 e. The number of carbonyl (C=O) groups is 1. The van der Waals surface area contributed by atoms with Crippen LogP contribution in [-0.4, -0.2) is 23.5 Å². The highest BCUT2D eigenvalue weighted by Gasteiger charge is 2.17. The molecular weight excluding hydrogens is 288 g/mol. The van der Waals surface area contributed by atoms with Gasteiger partial charge in [0.1, 0.15) is 0 Å². The molecule has 0 aromatic carbocycles. The third-order valence-electron chi connectivity index (χ3n) is 1.87. The van der Waals surface area contributed by atoms with Gasteiger partial charge in [-0.1, -0.05) is 0 Å². The highest BCUT2D eigenvalue weighted by atomic mass is 79.9. The lowest BCUT2D eigenvalue weighted by atomic mass is 10.1. The van der Waals surface area contributed by atoms with Crippen LogP contribution in [-0.2, 0) is 6.54 Å². The van der Waals surface area contributed by atoms with Gasteiger partial charge in [-0.25, -0.2) is 4.79 Å². The molecule has 1 heterocycles. The van der Waals surface area contributed by atoms with E-state index in [1.54, 1.807) is 23.3 Å². The third kappa shape index (κ3) is 4.53. The summed E-state index contributed by atoms with van der Waals surface area (Å²) >= 11 is 5.04. The van der Waals surface area contributed by atoms with E-state index >= 15 is 0 Å². The molecule has 90 valence electrons. The molecule has 5 heteroatoms. The number of carbonyl (C=O) groups excluding carboxylic acids is 1. The molecule has 0 aliphatic carbocycles. The Hall–Kier alpha value is -0.550. The Bertz CT molecular complexity index is 370. The van der Waals surface area contributed by atoms with Crippen LogP contribution in [0, 0.1) is 0 Å². The van der Waals surface area contributed by atoms with Gasteiger partial charge in [0, 0.05) is 19.1 Å². The minimum absolute atomic E-state index is 0.0465. The Kier molecular flexibility index (Phi) is 4.38. The van der Waals surface area contributed by atoms with Crippen LogP contribution in [0.15, 0.2) is 15.2 Å². The second kappa shape index (κ2) is 5.19. The van der Waals surface area contributed by atoms with Crippen LogP contribution in [0.5, 0.6) is 0 Å². The maximum Gasteiger partial charge on any atom is 0.317 e. The topological polar surface area (TPSA) is 32.3 Å². The van der Waals surface area contributed by atoms with Crippen molar-refractivity contribution in [2.75, 3.05) is 7.05 Å². The van der Waals surface area contributed by atoms with Crippen LogP contribution in [0.2, 0.25) is 0 Å². The number of hydrogen-bond donors (Lipinski definition) is 1. The zero-order valence-corrected chi connectivity index (χ0v) is 12.4. The van der Waals surface area contributed by atoms with Gasteiger partial charge < -0.3 is 10.2 Å². The van der Waals surface area contributed by atoms with Crippen LogP contribution < -0.4 is 5.32 Å². The molecule has 0 bridgehead atoms. The number of nitrogens with zero attached hydrogens (tertiary/aromatic N) is 1. The van der Waals surface area contributed by atoms with E-state index < -0.39 is 0 Å². The van der Waals surface area contributed by atoms with E-state index in [4.69, 9.17) is 0 Å². The summed E-state index contributed by atoms with van der Waals surface area (Å²) in [4.78, 5) is 13.5. The van der Waals surface area contributed by atoms with E-state index in [1.165, 1.54) is 0 Å². The molecule has 1 aromatic heterocycles. The summed E-state index contributed by atoms with van der Waals surface area (Å²) < 4.78 is 1.09. The maximum absolute atomic E-state index is 11.8. The maximum atomic E-state index is 11.8. The van der Waals surface area contributed by atoms with Gasteiger partial charge >= 0.3 is 6.03 Å². The van der Waals surface area contributed by atoms with Crippen LogP contribution in [0.4, 0.5) is 4.79 Å². The molecule has 2 amide bonds. The summed E-state index contributed by atoms with van der Waals surface area (Å²) in [5.74, 6) is 0. The quantitative estimate of drug-likeness (QED) is 0.892. The van der Waals surface area contributed by atoms with Crippen molar-refractivity contribution in [3.8, 4) is 0 Å². The number of nitrogens with one attached hydrogen (secondary N) is 1. The molecule has 0 fully saturated rings. The Morgan fingerprint density at radius 2 is 2.19 bits per heavy atom. The normalized spacial score (nSPS) is 11.3. The molecular formula is C11H17BrN2OS. The van der Waals surface area contributed by atoms with Gasteiger partial charge in [-0.15, -0.1) is 11.3 Å². The molecule has 3 nitrogen and oxygen atoms in total. The predicted octanol–water partition coefficient (Wildman–Crippen LogP) is 3.45. The van der Waals surface area contributed by atoms with Crippen LogP contribution in [0.1, 0.15) is 26.3 Å². The lowest BCUT2D eigenvalue weighted by molar-refractivity contribution is 0.197. The fraction of sp³-hybridized carbons (Fsp3) is 0.545. The summed E-state index contributed by atoms with van der Waals surface area (Å²) in [6.45, 7) is 6.55. The fourth-order valence-corrected chi connectivity index (χ4v) is 2.39. The SMILES string of the molecule is CN(Cc1csc(Br)c1)C(=O)NC(C)(C)C. The summed E-state index contributed by atoms with van der Waals surface area (Å²) in [7, 11) is 1.80. The van der Waals surface area contributed by atoms with Crippen LogP contribution >= 0.6 is 27.3 Å². The average molecular weight is 305 g/mol. The smallest absolute Gasteiger partial charge is 0.317 e. The molecule has 1 rings (SSSR count). The van der Waals surface area contributed by atoms with Gasteiger partial charge in [0.2, 0.25) is 0 Å². The highest BCUT2D eigenvalue weighted by Crippen LogP contribution is 2.21. The molecule has 0 atom stereocenters. The Morgan fingerprint density at radius 3 is 2.62 bits per heavy atom. The van der Waals surface area contributed by atoms with Gasteiger partial charge in [0.15, 0.2) is 0 Å². The molecule has 0 unspecified atom stereocenters. The second-order valence-electron chi connectivity index (χ2n) is 4.80. The van der Waals surface area contributed by atoms with Crippen molar-refractivity contribution in [2.45, 2.75) is 32.9 Å². The highest BCUT2D eigenvalue weighted by molar-refractivity contribution is 9.11. The zero-order valence-electron chi connectivity index (χ0n) is 10.0. The minimum atomic E-state index is -0.194. The summed E-state index contributed by atoms with van der Waals surface area (Å²) in [5, 5.41) is 4.97. The number of urea groups is 1. The largest absolute Gasteiger partial charge is 0.333 e. The van der Waals surface area contributed by atoms with Crippen molar-refractivity contribution in [2.24, 2.45) is 0 Å². The summed E-state index contributed by atoms with van der Waals surface area (Å²) in [6.07, 6.45) is 0. The number of amides is 2.